The van der Waals surface area contributed by atoms with Crippen LogP contribution in [-0.4, -0.2) is 17.4 Å². The van der Waals surface area contributed by atoms with Crippen LogP contribution in [0.1, 0.15) is 32.8 Å². The molecule has 0 atom stereocenters. The van der Waals surface area contributed by atoms with Crippen LogP contribution in [0.3, 0.4) is 0 Å². The van der Waals surface area contributed by atoms with Gasteiger partial charge in [-0.3, -0.25) is 5.32 Å². The minimum atomic E-state index is -0.528. The van der Waals surface area contributed by atoms with Gasteiger partial charge in [0.1, 0.15) is 5.60 Å². The Labute approximate surface area is 125 Å². The van der Waals surface area contributed by atoms with Gasteiger partial charge in [-0.2, -0.15) is 12.6 Å². The molecule has 0 aliphatic carbocycles. The minimum absolute atomic E-state index is 0.499. The predicted molar refractivity (Wildman–Crippen MR) is 83.5 cm³/mol. The van der Waals surface area contributed by atoms with E-state index in [1.165, 1.54) is 0 Å². The summed E-state index contributed by atoms with van der Waals surface area (Å²) in [6.07, 6.45) is 1.39. The number of carbonyl (C=O) groups excluding carboxylic acids is 1. The molecule has 0 unspecified atom stereocenters. The summed E-state index contributed by atoms with van der Waals surface area (Å²) in [7, 11) is 0. The fourth-order valence-electron chi connectivity index (χ4n) is 1.52. The van der Waals surface area contributed by atoms with E-state index in [-0.39, 0.29) is 0 Å². The summed E-state index contributed by atoms with van der Waals surface area (Å²) in [5.74, 6) is 0.831. The zero-order valence-corrected chi connectivity index (χ0v) is 13.1. The van der Waals surface area contributed by atoms with Gasteiger partial charge in [-0.15, -0.1) is 0 Å². The van der Waals surface area contributed by atoms with Crippen molar-refractivity contribution in [1.82, 2.24) is 0 Å². The van der Waals surface area contributed by atoms with Crippen LogP contribution in [0.15, 0.2) is 18.2 Å². The number of nitrogens with one attached hydrogen (secondary N) is 1. The van der Waals surface area contributed by atoms with Gasteiger partial charge in [-0.25, -0.2) is 4.79 Å². The van der Waals surface area contributed by atoms with Crippen molar-refractivity contribution >= 4 is 36.0 Å². The van der Waals surface area contributed by atoms with Crippen LogP contribution < -0.4 is 5.32 Å². The van der Waals surface area contributed by atoms with E-state index in [4.69, 9.17) is 16.3 Å². The number of rotatable bonds is 4. The number of benzene rings is 1. The third-order valence-electron chi connectivity index (χ3n) is 2.29. The maximum Gasteiger partial charge on any atom is 0.412 e. The van der Waals surface area contributed by atoms with Gasteiger partial charge in [-0.1, -0.05) is 17.7 Å². The molecule has 1 aromatic rings. The highest BCUT2D eigenvalue weighted by Crippen LogP contribution is 2.24. The Hall–Kier alpha value is -0.870. The Morgan fingerprint density at radius 1 is 1.42 bits per heavy atom. The van der Waals surface area contributed by atoms with Crippen LogP contribution in [0.25, 0.3) is 0 Å². The second-order valence-electron chi connectivity index (χ2n) is 5.27. The van der Waals surface area contributed by atoms with Crippen LogP contribution in [0.5, 0.6) is 0 Å². The average Bonchev–Trinajstić information content (AvgIpc) is 2.27. The molecule has 0 fully saturated rings. The second-order valence-corrected chi connectivity index (χ2v) is 6.12. The number of hydrogen-bond donors (Lipinski definition) is 2. The fourth-order valence-corrected chi connectivity index (χ4v) is 1.84. The molecule has 1 rings (SSSR count). The lowest BCUT2D eigenvalue weighted by Crippen LogP contribution is -2.27. The van der Waals surface area contributed by atoms with Crippen molar-refractivity contribution in [2.75, 3.05) is 11.1 Å². The molecule has 106 valence electrons. The van der Waals surface area contributed by atoms with Gasteiger partial charge >= 0.3 is 6.09 Å². The second kappa shape index (κ2) is 7.06. The Morgan fingerprint density at radius 3 is 2.68 bits per heavy atom. The van der Waals surface area contributed by atoms with E-state index in [9.17, 15) is 4.79 Å². The van der Waals surface area contributed by atoms with E-state index < -0.39 is 11.7 Å². The number of halogens is 1. The molecule has 0 radical (unpaired) electrons. The number of amides is 1. The number of aryl methyl sites for hydroxylation is 1. The van der Waals surface area contributed by atoms with Gasteiger partial charge in [0.25, 0.3) is 0 Å². The lowest BCUT2D eigenvalue weighted by atomic mass is 10.1. The summed E-state index contributed by atoms with van der Waals surface area (Å²) in [6.45, 7) is 5.45. The monoisotopic (exact) mass is 301 g/mol. The lowest BCUT2D eigenvalue weighted by molar-refractivity contribution is 0.0636. The first-order chi connectivity index (χ1) is 8.81. The third kappa shape index (κ3) is 6.21. The van der Waals surface area contributed by atoms with E-state index >= 15 is 0 Å². The van der Waals surface area contributed by atoms with Crippen LogP contribution in [0, 0.1) is 0 Å². The third-order valence-corrected chi connectivity index (χ3v) is 2.94. The van der Waals surface area contributed by atoms with Crippen molar-refractivity contribution in [3.05, 3.63) is 28.8 Å². The number of ether oxygens (including phenoxy) is 1. The summed E-state index contributed by atoms with van der Waals surface area (Å²) >= 11 is 10.2. The highest BCUT2D eigenvalue weighted by atomic mass is 35.5. The van der Waals surface area contributed by atoms with E-state index in [0.717, 1.165) is 24.2 Å². The molecule has 0 saturated carbocycles. The molecule has 0 aromatic heterocycles. The standard InChI is InChI=1S/C14H20ClNO2S/c1-14(2,3)18-13(17)16-12-9-10(5-4-8-19)6-7-11(12)15/h6-7,9,19H,4-5,8H2,1-3H3,(H,16,17). The van der Waals surface area contributed by atoms with Crippen LogP contribution in [0.2, 0.25) is 5.02 Å². The van der Waals surface area contributed by atoms with E-state index in [1.807, 2.05) is 32.9 Å². The molecule has 1 N–H and O–H groups in total. The summed E-state index contributed by atoms with van der Waals surface area (Å²) < 4.78 is 5.20. The van der Waals surface area contributed by atoms with Crippen molar-refractivity contribution in [3.63, 3.8) is 0 Å². The summed E-state index contributed by atoms with van der Waals surface area (Å²) in [4.78, 5) is 11.7. The molecule has 0 saturated heterocycles. The molecular weight excluding hydrogens is 282 g/mol. The molecule has 3 nitrogen and oxygen atoms in total. The van der Waals surface area contributed by atoms with E-state index in [0.29, 0.717) is 10.7 Å². The Balaban J connectivity index is 2.73. The average molecular weight is 302 g/mol. The molecule has 0 aliphatic heterocycles. The molecule has 1 amide bonds. The SMILES string of the molecule is CC(C)(C)OC(=O)Nc1cc(CCCS)ccc1Cl. The van der Waals surface area contributed by atoms with Gasteiger partial charge in [0, 0.05) is 0 Å². The van der Waals surface area contributed by atoms with Crippen LogP contribution >= 0.6 is 24.2 Å². The Bertz CT molecular complexity index is 444. The van der Waals surface area contributed by atoms with Gasteiger partial charge in [0.05, 0.1) is 10.7 Å². The maximum atomic E-state index is 11.7. The lowest BCUT2D eigenvalue weighted by Gasteiger charge is -2.20. The van der Waals surface area contributed by atoms with Crippen LogP contribution in [-0.2, 0) is 11.2 Å². The van der Waals surface area contributed by atoms with Crippen molar-refractivity contribution in [3.8, 4) is 0 Å². The largest absolute Gasteiger partial charge is 0.444 e. The molecular formula is C14H20ClNO2S. The summed E-state index contributed by atoms with van der Waals surface area (Å²) in [6, 6.07) is 5.60. The summed E-state index contributed by atoms with van der Waals surface area (Å²) in [5.41, 5.74) is 1.16. The number of anilines is 1. The number of carbonyl (C=O) groups is 1. The Morgan fingerprint density at radius 2 is 2.11 bits per heavy atom. The van der Waals surface area contributed by atoms with Gasteiger partial charge in [-0.05, 0) is 57.1 Å². The van der Waals surface area contributed by atoms with Gasteiger partial charge in [0.2, 0.25) is 0 Å². The zero-order chi connectivity index (χ0) is 14.5. The van der Waals surface area contributed by atoms with Crippen molar-refractivity contribution in [2.45, 2.75) is 39.2 Å². The van der Waals surface area contributed by atoms with Gasteiger partial charge < -0.3 is 4.74 Å². The topological polar surface area (TPSA) is 38.3 Å². The Kier molecular flexibility index (Phi) is 6.01. The van der Waals surface area contributed by atoms with Crippen molar-refractivity contribution in [2.24, 2.45) is 0 Å². The first-order valence-corrected chi connectivity index (χ1v) is 7.22. The van der Waals surface area contributed by atoms with Gasteiger partial charge in [0.15, 0.2) is 0 Å². The highest BCUT2D eigenvalue weighted by molar-refractivity contribution is 7.80. The quantitative estimate of drug-likeness (QED) is 0.801. The van der Waals surface area contributed by atoms with E-state index in [1.54, 1.807) is 6.07 Å². The zero-order valence-electron chi connectivity index (χ0n) is 11.5. The van der Waals surface area contributed by atoms with Crippen molar-refractivity contribution < 1.29 is 9.53 Å². The molecule has 1 aromatic carbocycles. The fraction of sp³-hybridized carbons (Fsp3) is 0.500. The highest BCUT2D eigenvalue weighted by Gasteiger charge is 2.17. The number of hydrogen-bond acceptors (Lipinski definition) is 3. The molecule has 5 heteroatoms. The molecule has 0 heterocycles. The minimum Gasteiger partial charge on any atom is -0.444 e. The molecule has 0 spiro atoms. The summed E-state index contributed by atoms with van der Waals surface area (Å²) in [5, 5.41) is 3.17. The maximum absolute atomic E-state index is 11.7. The molecule has 0 bridgehead atoms. The molecule has 19 heavy (non-hydrogen) atoms. The number of thiol groups is 1. The first-order valence-electron chi connectivity index (χ1n) is 6.21. The van der Waals surface area contributed by atoms with Crippen molar-refractivity contribution in [1.29, 1.82) is 0 Å². The smallest absolute Gasteiger partial charge is 0.412 e. The van der Waals surface area contributed by atoms with Crippen LogP contribution in [0.4, 0.5) is 10.5 Å². The van der Waals surface area contributed by atoms with E-state index in [2.05, 4.69) is 17.9 Å². The first kappa shape index (κ1) is 16.2. The normalized spacial score (nSPS) is 11.2. The molecule has 0 aliphatic rings. The predicted octanol–water partition coefficient (Wildman–Crippen LogP) is 4.55.